The zero-order chi connectivity index (χ0) is 24.9. The quantitative estimate of drug-likeness (QED) is 0.176. The largest absolute Gasteiger partial charge is 0.303 e. The molecule has 187 valence electrons. The second-order valence-electron chi connectivity index (χ2n) is 10.5. The molecule has 0 aromatic heterocycles. The summed E-state index contributed by atoms with van der Waals surface area (Å²) >= 11 is 0. The minimum Gasteiger partial charge on any atom is -0.303 e. The molecule has 2 heteroatoms. The Balaban J connectivity index is 1.48. The predicted octanol–water partition coefficient (Wildman–Crippen LogP) is 8.61. The molecule has 2 aromatic carbocycles. The molecule has 1 heterocycles. The van der Waals surface area contributed by atoms with Crippen molar-refractivity contribution in [2.45, 2.75) is 90.3 Å². The maximum absolute atomic E-state index is 4.46. The van der Waals surface area contributed by atoms with Crippen LogP contribution in [-0.2, 0) is 12.8 Å². The van der Waals surface area contributed by atoms with Gasteiger partial charge < -0.3 is 4.90 Å². The van der Waals surface area contributed by atoms with Crippen LogP contribution >= 0.6 is 0 Å². The summed E-state index contributed by atoms with van der Waals surface area (Å²) in [6.45, 7) is 16.9. The summed E-state index contributed by atoms with van der Waals surface area (Å²) in [5, 5.41) is 0. The molecule has 1 aliphatic rings. The first kappa shape index (κ1) is 27.5. The molecule has 0 bridgehead atoms. The van der Waals surface area contributed by atoms with E-state index in [2.05, 4.69) is 87.7 Å². The van der Waals surface area contributed by atoms with Gasteiger partial charge in [0.15, 0.2) is 7.28 Å². The highest BCUT2D eigenvalue weighted by atomic mass is 15.1. The molecule has 1 aliphatic heterocycles. The third-order valence-electron chi connectivity index (χ3n) is 7.56. The Bertz CT molecular complexity index is 890. The van der Waals surface area contributed by atoms with Gasteiger partial charge in [0.2, 0.25) is 0 Å². The molecule has 1 saturated heterocycles. The van der Waals surface area contributed by atoms with Crippen LogP contribution in [0.15, 0.2) is 67.2 Å². The number of likely N-dealkylation sites (tertiary alicyclic amines) is 1. The lowest BCUT2D eigenvalue weighted by Gasteiger charge is -2.24. The first-order valence-electron chi connectivity index (χ1n) is 14.2. The zero-order valence-corrected chi connectivity index (χ0v) is 22.5. The van der Waals surface area contributed by atoms with Gasteiger partial charge in [-0.15, -0.1) is 12.1 Å². The van der Waals surface area contributed by atoms with Crippen molar-refractivity contribution < 1.29 is 0 Å². The number of hydrogen-bond donors (Lipinski definition) is 0. The van der Waals surface area contributed by atoms with Crippen LogP contribution in [0.25, 0.3) is 5.57 Å². The summed E-state index contributed by atoms with van der Waals surface area (Å²) in [6, 6.07) is 18.4. The standard InChI is InChI=1S/C33H47BN/c1-5-7-8-15-30-18-22-32(23-19-30)33(26-35-24-11-12-25-35)34-28(4)14-10-9-13-27(3)31-20-16-29(6-2)17-21-31/h16-23,33H,3-15,24-26H2,1-2H3. The molecule has 0 spiro atoms. The van der Waals surface area contributed by atoms with Crippen LogP contribution in [0.5, 0.6) is 0 Å². The second-order valence-corrected chi connectivity index (χ2v) is 10.5. The fourth-order valence-electron chi connectivity index (χ4n) is 5.19. The van der Waals surface area contributed by atoms with Crippen molar-refractivity contribution in [3.05, 3.63) is 89.4 Å². The molecule has 0 amide bonds. The van der Waals surface area contributed by atoms with Gasteiger partial charge in [0.25, 0.3) is 0 Å². The van der Waals surface area contributed by atoms with E-state index in [-0.39, 0.29) is 0 Å². The van der Waals surface area contributed by atoms with E-state index in [9.17, 15) is 0 Å². The minimum absolute atomic E-state index is 0.442. The lowest BCUT2D eigenvalue weighted by molar-refractivity contribution is 0.338. The van der Waals surface area contributed by atoms with Gasteiger partial charge in [-0.3, -0.25) is 0 Å². The Hall–Kier alpha value is -2.06. The summed E-state index contributed by atoms with van der Waals surface area (Å²) < 4.78 is 0. The number of allylic oxidation sites excluding steroid dienone is 2. The molecule has 1 atom stereocenters. The third kappa shape index (κ3) is 9.49. The van der Waals surface area contributed by atoms with Gasteiger partial charge in [-0.2, -0.15) is 0 Å². The first-order valence-corrected chi connectivity index (χ1v) is 14.2. The fourth-order valence-corrected chi connectivity index (χ4v) is 5.19. The van der Waals surface area contributed by atoms with E-state index in [4.69, 9.17) is 0 Å². The smallest absolute Gasteiger partial charge is 0.155 e. The molecule has 1 nitrogen and oxygen atoms in total. The van der Waals surface area contributed by atoms with E-state index in [1.807, 2.05) is 0 Å². The van der Waals surface area contributed by atoms with Gasteiger partial charge in [0, 0.05) is 0 Å². The Morgan fingerprint density at radius 3 is 2.14 bits per heavy atom. The van der Waals surface area contributed by atoms with E-state index >= 15 is 0 Å². The van der Waals surface area contributed by atoms with Crippen LogP contribution in [0.1, 0.15) is 99.7 Å². The summed E-state index contributed by atoms with van der Waals surface area (Å²) in [4.78, 5) is 2.64. The van der Waals surface area contributed by atoms with Crippen molar-refractivity contribution in [1.82, 2.24) is 4.90 Å². The van der Waals surface area contributed by atoms with E-state index in [0.29, 0.717) is 5.82 Å². The average Bonchev–Trinajstić information content (AvgIpc) is 3.40. The molecule has 1 radical (unpaired) electrons. The molecule has 3 rings (SSSR count). The molecule has 35 heavy (non-hydrogen) atoms. The van der Waals surface area contributed by atoms with Crippen LogP contribution in [0.4, 0.5) is 0 Å². The Labute approximate surface area is 217 Å². The predicted molar refractivity (Wildman–Crippen MR) is 156 cm³/mol. The Morgan fingerprint density at radius 2 is 1.49 bits per heavy atom. The van der Waals surface area contributed by atoms with Gasteiger partial charge in [-0.05, 0) is 99.1 Å². The van der Waals surface area contributed by atoms with Crippen LogP contribution in [0.2, 0.25) is 0 Å². The molecular formula is C33H47BN. The summed E-state index contributed by atoms with van der Waals surface area (Å²) in [6.07, 6.45) is 13.4. The summed E-state index contributed by atoms with van der Waals surface area (Å²) in [7, 11) is 2.46. The third-order valence-corrected chi connectivity index (χ3v) is 7.56. The lowest BCUT2D eigenvalue weighted by atomic mass is 9.55. The van der Waals surface area contributed by atoms with Crippen molar-refractivity contribution in [2.24, 2.45) is 0 Å². The number of aryl methyl sites for hydroxylation is 2. The van der Waals surface area contributed by atoms with Crippen molar-refractivity contribution in [1.29, 1.82) is 0 Å². The zero-order valence-electron chi connectivity index (χ0n) is 22.5. The lowest BCUT2D eigenvalue weighted by Crippen LogP contribution is -2.29. The van der Waals surface area contributed by atoms with Gasteiger partial charge in [-0.1, -0.05) is 93.8 Å². The molecule has 1 unspecified atom stereocenters. The van der Waals surface area contributed by atoms with Crippen molar-refractivity contribution in [2.75, 3.05) is 19.6 Å². The molecular weight excluding hydrogens is 421 g/mol. The molecule has 0 saturated carbocycles. The van der Waals surface area contributed by atoms with Crippen molar-refractivity contribution in [3.8, 4) is 0 Å². The second kappa shape index (κ2) is 15.1. The SMILES string of the molecule is C=C([B]C(CN1CCCC1)c1ccc(CCCCC)cc1)CCCCC(=C)c1ccc(CC)cc1. The average molecular weight is 469 g/mol. The van der Waals surface area contributed by atoms with Crippen molar-refractivity contribution in [3.63, 3.8) is 0 Å². The minimum atomic E-state index is 0.442. The van der Waals surface area contributed by atoms with Crippen LogP contribution < -0.4 is 0 Å². The van der Waals surface area contributed by atoms with Crippen LogP contribution in [0.3, 0.4) is 0 Å². The molecule has 0 aliphatic carbocycles. The van der Waals surface area contributed by atoms with E-state index in [0.717, 1.165) is 25.8 Å². The summed E-state index contributed by atoms with van der Waals surface area (Å²) in [5.74, 6) is 0.442. The number of hydrogen-bond acceptors (Lipinski definition) is 1. The van der Waals surface area contributed by atoms with Crippen LogP contribution in [-0.4, -0.2) is 31.8 Å². The highest BCUT2D eigenvalue weighted by Crippen LogP contribution is 2.25. The topological polar surface area (TPSA) is 3.24 Å². The summed E-state index contributed by atoms with van der Waals surface area (Å²) in [5.41, 5.74) is 8.15. The highest BCUT2D eigenvalue weighted by molar-refractivity contribution is 6.47. The normalized spacial score (nSPS) is 14.7. The Kier molecular flexibility index (Phi) is 11.9. The van der Waals surface area contributed by atoms with E-state index in [1.54, 1.807) is 0 Å². The monoisotopic (exact) mass is 468 g/mol. The Morgan fingerprint density at radius 1 is 0.829 bits per heavy atom. The van der Waals surface area contributed by atoms with Crippen molar-refractivity contribution >= 4 is 12.9 Å². The van der Waals surface area contributed by atoms with Gasteiger partial charge in [0.1, 0.15) is 0 Å². The molecule has 1 fully saturated rings. The molecule has 0 N–H and O–H groups in total. The van der Waals surface area contributed by atoms with Gasteiger partial charge >= 0.3 is 0 Å². The van der Waals surface area contributed by atoms with Gasteiger partial charge in [0.05, 0.1) is 0 Å². The number of unbranched alkanes of at least 4 members (excludes halogenated alkanes) is 3. The van der Waals surface area contributed by atoms with Gasteiger partial charge in [-0.25, -0.2) is 0 Å². The number of nitrogens with zero attached hydrogens (tertiary/aromatic N) is 1. The van der Waals surface area contributed by atoms with E-state index in [1.165, 1.54) is 97.8 Å². The number of rotatable bonds is 16. The van der Waals surface area contributed by atoms with E-state index < -0.39 is 0 Å². The molecule has 2 aromatic rings. The number of benzene rings is 2. The highest BCUT2D eigenvalue weighted by Gasteiger charge is 2.20. The fraction of sp³-hybridized carbons (Fsp3) is 0.515. The maximum Gasteiger partial charge on any atom is 0.155 e. The maximum atomic E-state index is 4.46. The first-order chi connectivity index (χ1) is 17.1. The van der Waals surface area contributed by atoms with Crippen LogP contribution in [0, 0.1) is 0 Å².